The van der Waals surface area contributed by atoms with Crippen molar-refractivity contribution in [3.05, 3.63) is 36.0 Å². The predicted molar refractivity (Wildman–Crippen MR) is 87.5 cm³/mol. The molecule has 0 bridgehead atoms. The maximum Gasteiger partial charge on any atom is 0.0706 e. The summed E-state index contributed by atoms with van der Waals surface area (Å²) in [6.45, 7) is 10.6. The minimum absolute atomic E-state index is 1.09. The van der Waals surface area contributed by atoms with Crippen molar-refractivity contribution in [1.82, 2.24) is 9.88 Å². The maximum atomic E-state index is 4.58. The summed E-state index contributed by atoms with van der Waals surface area (Å²) >= 11 is 0. The molecule has 0 amide bonds. The zero-order valence-electron chi connectivity index (χ0n) is 13.1. The van der Waals surface area contributed by atoms with Crippen molar-refractivity contribution in [3.63, 3.8) is 0 Å². The molecule has 0 unspecified atom stereocenters. The fraction of sp³-hybridized carbons (Fsp3) is 0.471. The molecular formula is C17H25N3. The van der Waals surface area contributed by atoms with E-state index in [0.717, 1.165) is 31.7 Å². The maximum absolute atomic E-state index is 4.58. The first kappa shape index (κ1) is 14.8. The second kappa shape index (κ2) is 6.71. The first-order valence-corrected chi connectivity index (χ1v) is 7.53. The fourth-order valence-corrected chi connectivity index (χ4v) is 2.52. The SMILES string of the molecule is CC.Cc1cccc2ncc(N3CCN(C)CC3)cc12. The summed E-state index contributed by atoms with van der Waals surface area (Å²) in [6, 6.07) is 8.58. The van der Waals surface area contributed by atoms with Crippen molar-refractivity contribution in [2.45, 2.75) is 20.8 Å². The minimum atomic E-state index is 1.09. The molecule has 1 aromatic carbocycles. The Bertz CT molecular complexity index is 557. The number of anilines is 1. The first-order valence-electron chi connectivity index (χ1n) is 7.53. The van der Waals surface area contributed by atoms with Gasteiger partial charge in [0.2, 0.25) is 0 Å². The molecular weight excluding hydrogens is 246 g/mol. The highest BCUT2D eigenvalue weighted by molar-refractivity contribution is 5.84. The molecule has 2 heterocycles. The van der Waals surface area contributed by atoms with Crippen LogP contribution < -0.4 is 4.90 Å². The predicted octanol–water partition coefficient (Wildman–Crippen LogP) is 3.32. The fourth-order valence-electron chi connectivity index (χ4n) is 2.52. The lowest BCUT2D eigenvalue weighted by atomic mass is 10.1. The van der Waals surface area contributed by atoms with Crippen LogP contribution in [-0.2, 0) is 0 Å². The van der Waals surface area contributed by atoms with E-state index in [1.165, 1.54) is 16.6 Å². The lowest BCUT2D eigenvalue weighted by Gasteiger charge is -2.33. The van der Waals surface area contributed by atoms with Gasteiger partial charge in [-0.25, -0.2) is 0 Å². The Morgan fingerprint density at radius 1 is 1.05 bits per heavy atom. The molecule has 0 atom stereocenters. The molecule has 1 aromatic heterocycles. The van der Waals surface area contributed by atoms with Gasteiger partial charge in [0.1, 0.15) is 0 Å². The van der Waals surface area contributed by atoms with Crippen LogP contribution in [0.1, 0.15) is 19.4 Å². The number of aryl methyl sites for hydroxylation is 1. The summed E-state index contributed by atoms with van der Waals surface area (Å²) in [4.78, 5) is 9.38. The second-order valence-corrected chi connectivity index (χ2v) is 5.13. The Morgan fingerprint density at radius 2 is 1.75 bits per heavy atom. The molecule has 1 fully saturated rings. The van der Waals surface area contributed by atoms with E-state index in [9.17, 15) is 0 Å². The Kier molecular flexibility index (Phi) is 4.96. The van der Waals surface area contributed by atoms with Gasteiger partial charge in [-0.15, -0.1) is 0 Å². The molecule has 20 heavy (non-hydrogen) atoms. The lowest BCUT2D eigenvalue weighted by Crippen LogP contribution is -2.44. The van der Waals surface area contributed by atoms with Crippen LogP contribution in [0.2, 0.25) is 0 Å². The van der Waals surface area contributed by atoms with Gasteiger partial charge in [-0.05, 0) is 31.7 Å². The van der Waals surface area contributed by atoms with E-state index < -0.39 is 0 Å². The number of fused-ring (bicyclic) bond motifs is 1. The molecule has 0 saturated carbocycles. The summed E-state index contributed by atoms with van der Waals surface area (Å²) in [7, 11) is 2.18. The van der Waals surface area contributed by atoms with Crippen LogP contribution >= 0.6 is 0 Å². The van der Waals surface area contributed by atoms with E-state index in [0.29, 0.717) is 0 Å². The molecule has 3 rings (SSSR count). The zero-order valence-corrected chi connectivity index (χ0v) is 13.1. The quantitative estimate of drug-likeness (QED) is 0.793. The molecule has 1 aliphatic heterocycles. The number of piperazine rings is 1. The summed E-state index contributed by atoms with van der Waals surface area (Å²) < 4.78 is 0. The van der Waals surface area contributed by atoms with Crippen LogP contribution in [0, 0.1) is 6.92 Å². The summed E-state index contributed by atoms with van der Waals surface area (Å²) in [5.74, 6) is 0. The average molecular weight is 271 g/mol. The third-order valence-corrected chi connectivity index (χ3v) is 3.80. The van der Waals surface area contributed by atoms with Gasteiger partial charge in [0.05, 0.1) is 17.4 Å². The Hall–Kier alpha value is -1.61. The number of likely N-dealkylation sites (N-methyl/N-ethyl adjacent to an activating group) is 1. The van der Waals surface area contributed by atoms with Crippen molar-refractivity contribution in [2.24, 2.45) is 0 Å². The topological polar surface area (TPSA) is 19.4 Å². The van der Waals surface area contributed by atoms with Gasteiger partial charge in [0, 0.05) is 31.6 Å². The minimum Gasteiger partial charge on any atom is -0.368 e. The standard InChI is InChI=1S/C15H19N3.C2H6/c1-12-4-3-5-15-14(12)10-13(11-16-15)18-8-6-17(2)7-9-18;1-2/h3-5,10-11H,6-9H2,1-2H3;1-2H3. The number of hydrogen-bond acceptors (Lipinski definition) is 3. The monoisotopic (exact) mass is 271 g/mol. The molecule has 0 radical (unpaired) electrons. The molecule has 108 valence electrons. The molecule has 1 saturated heterocycles. The van der Waals surface area contributed by atoms with Crippen molar-refractivity contribution < 1.29 is 0 Å². The number of pyridine rings is 1. The van der Waals surface area contributed by atoms with E-state index in [4.69, 9.17) is 0 Å². The number of rotatable bonds is 1. The van der Waals surface area contributed by atoms with Gasteiger partial charge in [0.25, 0.3) is 0 Å². The smallest absolute Gasteiger partial charge is 0.0706 e. The normalized spacial score (nSPS) is 15.9. The first-order chi connectivity index (χ1) is 9.74. The molecule has 0 N–H and O–H groups in total. The highest BCUT2D eigenvalue weighted by Crippen LogP contribution is 2.23. The highest BCUT2D eigenvalue weighted by atomic mass is 15.2. The highest BCUT2D eigenvalue weighted by Gasteiger charge is 2.14. The number of aromatic nitrogens is 1. The van der Waals surface area contributed by atoms with E-state index in [1.807, 2.05) is 20.0 Å². The van der Waals surface area contributed by atoms with Crippen LogP contribution in [0.25, 0.3) is 10.9 Å². The van der Waals surface area contributed by atoms with Gasteiger partial charge >= 0.3 is 0 Å². The second-order valence-electron chi connectivity index (χ2n) is 5.13. The van der Waals surface area contributed by atoms with Crippen LogP contribution in [0.3, 0.4) is 0 Å². The van der Waals surface area contributed by atoms with E-state index in [1.54, 1.807) is 0 Å². The Morgan fingerprint density at radius 3 is 2.45 bits per heavy atom. The zero-order chi connectivity index (χ0) is 14.5. The van der Waals surface area contributed by atoms with Crippen LogP contribution in [0.15, 0.2) is 30.5 Å². The molecule has 3 heteroatoms. The van der Waals surface area contributed by atoms with Gasteiger partial charge in [-0.2, -0.15) is 0 Å². The van der Waals surface area contributed by atoms with Gasteiger partial charge in [0.15, 0.2) is 0 Å². The van der Waals surface area contributed by atoms with Crippen molar-refractivity contribution in [3.8, 4) is 0 Å². The Balaban J connectivity index is 0.000000704. The molecule has 0 aliphatic carbocycles. The average Bonchev–Trinajstić information content (AvgIpc) is 2.50. The largest absolute Gasteiger partial charge is 0.368 e. The van der Waals surface area contributed by atoms with E-state index in [-0.39, 0.29) is 0 Å². The molecule has 0 spiro atoms. The van der Waals surface area contributed by atoms with E-state index in [2.05, 4.69) is 53.0 Å². The Labute approximate surface area is 122 Å². The number of benzene rings is 1. The molecule has 3 nitrogen and oxygen atoms in total. The third-order valence-electron chi connectivity index (χ3n) is 3.80. The lowest BCUT2D eigenvalue weighted by molar-refractivity contribution is 0.313. The van der Waals surface area contributed by atoms with Gasteiger partial charge < -0.3 is 9.80 Å². The molecule has 1 aliphatic rings. The summed E-state index contributed by atoms with van der Waals surface area (Å²) in [5.41, 5.74) is 3.65. The van der Waals surface area contributed by atoms with Crippen molar-refractivity contribution in [2.75, 3.05) is 38.1 Å². The van der Waals surface area contributed by atoms with Crippen molar-refractivity contribution in [1.29, 1.82) is 0 Å². The van der Waals surface area contributed by atoms with E-state index >= 15 is 0 Å². The van der Waals surface area contributed by atoms with Gasteiger partial charge in [-0.1, -0.05) is 26.0 Å². The van der Waals surface area contributed by atoms with Crippen LogP contribution in [0.5, 0.6) is 0 Å². The molecule has 2 aromatic rings. The number of hydrogen-bond donors (Lipinski definition) is 0. The van der Waals surface area contributed by atoms with Gasteiger partial charge in [-0.3, -0.25) is 4.98 Å². The third kappa shape index (κ3) is 3.10. The summed E-state index contributed by atoms with van der Waals surface area (Å²) in [6.07, 6.45) is 2.01. The van der Waals surface area contributed by atoms with Crippen molar-refractivity contribution >= 4 is 16.6 Å². The van der Waals surface area contributed by atoms with Crippen LogP contribution in [0.4, 0.5) is 5.69 Å². The summed E-state index contributed by atoms with van der Waals surface area (Å²) in [5, 5.41) is 1.27. The van der Waals surface area contributed by atoms with Crippen LogP contribution in [-0.4, -0.2) is 43.1 Å². The number of nitrogens with zero attached hydrogens (tertiary/aromatic N) is 3.